The van der Waals surface area contributed by atoms with Gasteiger partial charge in [-0.1, -0.05) is 0 Å². The van der Waals surface area contributed by atoms with Gasteiger partial charge in [-0.15, -0.1) is 0 Å². The summed E-state index contributed by atoms with van der Waals surface area (Å²) in [4.78, 5) is 9.34. The first kappa shape index (κ1) is 19.4. The van der Waals surface area contributed by atoms with Gasteiger partial charge in [-0.3, -0.25) is 9.89 Å². The van der Waals surface area contributed by atoms with E-state index in [0.29, 0.717) is 5.96 Å². The van der Waals surface area contributed by atoms with Gasteiger partial charge >= 0.3 is 0 Å². The number of anilines is 1. The number of nitrogens with zero attached hydrogens (tertiary/aromatic N) is 3. The third kappa shape index (κ3) is 6.82. The lowest BCUT2D eigenvalue weighted by molar-refractivity contribution is 0.256. The Balaban J connectivity index is 1.67. The first-order valence-electron chi connectivity index (χ1n) is 9.07. The van der Waals surface area contributed by atoms with E-state index in [2.05, 4.69) is 53.0 Å². The Kier molecular flexibility index (Phi) is 6.93. The Morgan fingerprint density at radius 2 is 1.80 bits per heavy atom. The van der Waals surface area contributed by atoms with E-state index in [4.69, 9.17) is 10.5 Å². The highest BCUT2D eigenvalue weighted by Crippen LogP contribution is 2.20. The number of benzene rings is 1. The van der Waals surface area contributed by atoms with Crippen LogP contribution in [0.25, 0.3) is 0 Å². The van der Waals surface area contributed by atoms with Gasteiger partial charge in [0.1, 0.15) is 5.75 Å². The van der Waals surface area contributed by atoms with E-state index in [0.717, 1.165) is 51.4 Å². The van der Waals surface area contributed by atoms with Crippen LogP contribution in [0.5, 0.6) is 5.75 Å². The number of hydrogen-bond donors (Lipinski definition) is 2. The van der Waals surface area contributed by atoms with Crippen molar-refractivity contribution in [3.63, 3.8) is 0 Å². The predicted octanol–water partition coefficient (Wildman–Crippen LogP) is 1.91. The minimum Gasteiger partial charge on any atom is -0.497 e. The molecule has 140 valence electrons. The van der Waals surface area contributed by atoms with Gasteiger partial charge in [-0.25, -0.2) is 0 Å². The molecule has 0 atom stereocenters. The van der Waals surface area contributed by atoms with Crippen molar-refractivity contribution in [1.29, 1.82) is 0 Å². The molecule has 0 saturated carbocycles. The first-order valence-corrected chi connectivity index (χ1v) is 9.07. The van der Waals surface area contributed by atoms with Crippen molar-refractivity contribution in [3.8, 4) is 5.75 Å². The predicted molar refractivity (Wildman–Crippen MR) is 106 cm³/mol. The van der Waals surface area contributed by atoms with Gasteiger partial charge in [0.05, 0.1) is 7.11 Å². The average molecular weight is 348 g/mol. The molecular weight excluding hydrogens is 314 g/mol. The van der Waals surface area contributed by atoms with Crippen LogP contribution in [0.3, 0.4) is 0 Å². The summed E-state index contributed by atoms with van der Waals surface area (Å²) in [5.74, 6) is 1.44. The molecule has 1 fully saturated rings. The smallest absolute Gasteiger partial charge is 0.188 e. The molecule has 1 aromatic carbocycles. The number of nitrogens with two attached hydrogens (primary N) is 1. The maximum atomic E-state index is 5.89. The van der Waals surface area contributed by atoms with Crippen LogP contribution in [0, 0.1) is 0 Å². The van der Waals surface area contributed by atoms with Crippen LogP contribution in [-0.4, -0.2) is 62.8 Å². The van der Waals surface area contributed by atoms with Crippen molar-refractivity contribution < 1.29 is 4.74 Å². The van der Waals surface area contributed by atoms with E-state index >= 15 is 0 Å². The van der Waals surface area contributed by atoms with Gasteiger partial charge < -0.3 is 20.7 Å². The standard InChI is InChI=1S/C19H33N5O/c1-19(2,3)22-18(20)21-10-5-11-23-12-14-24(15-13-23)16-6-8-17(25-4)9-7-16/h6-9H,5,10-15H2,1-4H3,(H3,20,21,22). The van der Waals surface area contributed by atoms with Crippen LogP contribution >= 0.6 is 0 Å². The van der Waals surface area contributed by atoms with E-state index in [1.165, 1.54) is 5.69 Å². The minimum absolute atomic E-state index is 0.0363. The summed E-state index contributed by atoms with van der Waals surface area (Å²) >= 11 is 0. The SMILES string of the molecule is COc1ccc(N2CCN(CCCN=C(N)NC(C)(C)C)CC2)cc1. The number of aliphatic imine (C=N–C) groups is 1. The molecule has 1 saturated heterocycles. The topological polar surface area (TPSA) is 66.1 Å². The highest BCUT2D eigenvalue weighted by atomic mass is 16.5. The molecule has 1 heterocycles. The number of rotatable bonds is 6. The molecular formula is C19H33N5O. The summed E-state index contributed by atoms with van der Waals surface area (Å²) in [6.07, 6.45) is 1.04. The summed E-state index contributed by atoms with van der Waals surface area (Å²) in [6.45, 7) is 12.4. The molecule has 6 nitrogen and oxygen atoms in total. The first-order chi connectivity index (χ1) is 11.9. The molecule has 0 radical (unpaired) electrons. The summed E-state index contributed by atoms with van der Waals surface area (Å²) in [5, 5.41) is 3.19. The summed E-state index contributed by atoms with van der Waals surface area (Å²) in [5.41, 5.74) is 7.13. The van der Waals surface area contributed by atoms with E-state index in [9.17, 15) is 0 Å². The lowest BCUT2D eigenvalue weighted by Crippen LogP contribution is -2.47. The number of ether oxygens (including phenoxy) is 1. The monoisotopic (exact) mass is 347 g/mol. The van der Waals surface area contributed by atoms with Gasteiger partial charge in [0.2, 0.25) is 0 Å². The summed E-state index contributed by atoms with van der Waals surface area (Å²) < 4.78 is 5.22. The second-order valence-corrected chi connectivity index (χ2v) is 7.52. The van der Waals surface area contributed by atoms with Crippen LogP contribution in [0.2, 0.25) is 0 Å². The number of hydrogen-bond acceptors (Lipinski definition) is 4. The lowest BCUT2D eigenvalue weighted by Gasteiger charge is -2.36. The molecule has 0 amide bonds. The summed E-state index contributed by atoms with van der Waals surface area (Å²) in [7, 11) is 1.70. The normalized spacial score (nSPS) is 16.8. The van der Waals surface area contributed by atoms with Crippen molar-refractivity contribution in [2.75, 3.05) is 51.3 Å². The molecule has 2 rings (SSSR count). The Morgan fingerprint density at radius 3 is 2.36 bits per heavy atom. The van der Waals surface area contributed by atoms with Gasteiger partial charge in [0.25, 0.3) is 0 Å². The maximum Gasteiger partial charge on any atom is 0.188 e. The van der Waals surface area contributed by atoms with Crippen LogP contribution in [0.15, 0.2) is 29.3 Å². The van der Waals surface area contributed by atoms with Gasteiger partial charge in [-0.2, -0.15) is 0 Å². The Morgan fingerprint density at radius 1 is 1.16 bits per heavy atom. The molecule has 0 spiro atoms. The molecule has 6 heteroatoms. The molecule has 0 unspecified atom stereocenters. The fourth-order valence-electron chi connectivity index (χ4n) is 2.94. The molecule has 0 aromatic heterocycles. The second-order valence-electron chi connectivity index (χ2n) is 7.52. The van der Waals surface area contributed by atoms with Crippen molar-refractivity contribution in [3.05, 3.63) is 24.3 Å². The van der Waals surface area contributed by atoms with Crippen molar-refractivity contribution in [2.24, 2.45) is 10.7 Å². The van der Waals surface area contributed by atoms with Crippen LogP contribution in [0.1, 0.15) is 27.2 Å². The lowest BCUT2D eigenvalue weighted by atomic mass is 10.1. The third-order valence-electron chi connectivity index (χ3n) is 4.23. The van der Waals surface area contributed by atoms with Gasteiger partial charge in [-0.05, 0) is 51.5 Å². The fraction of sp³-hybridized carbons (Fsp3) is 0.632. The van der Waals surface area contributed by atoms with E-state index in [1.54, 1.807) is 7.11 Å². The van der Waals surface area contributed by atoms with Crippen molar-refractivity contribution in [2.45, 2.75) is 32.7 Å². The van der Waals surface area contributed by atoms with Crippen molar-refractivity contribution >= 4 is 11.6 Å². The zero-order valence-electron chi connectivity index (χ0n) is 16.1. The Labute approximate surface area is 152 Å². The molecule has 1 aliphatic heterocycles. The van der Waals surface area contributed by atoms with Crippen LogP contribution in [-0.2, 0) is 0 Å². The zero-order valence-corrected chi connectivity index (χ0v) is 16.1. The molecule has 0 bridgehead atoms. The van der Waals surface area contributed by atoms with Gasteiger partial charge in [0.15, 0.2) is 5.96 Å². The van der Waals surface area contributed by atoms with Crippen LogP contribution in [0.4, 0.5) is 5.69 Å². The highest BCUT2D eigenvalue weighted by molar-refractivity contribution is 5.78. The van der Waals surface area contributed by atoms with Crippen LogP contribution < -0.4 is 20.7 Å². The van der Waals surface area contributed by atoms with Crippen molar-refractivity contribution in [1.82, 2.24) is 10.2 Å². The third-order valence-corrected chi connectivity index (χ3v) is 4.23. The average Bonchev–Trinajstić information content (AvgIpc) is 2.58. The Bertz CT molecular complexity index is 542. The molecule has 25 heavy (non-hydrogen) atoms. The Hall–Kier alpha value is -1.95. The number of piperazine rings is 1. The number of guanidine groups is 1. The highest BCUT2D eigenvalue weighted by Gasteiger charge is 2.16. The number of methoxy groups -OCH3 is 1. The minimum atomic E-state index is -0.0363. The summed E-state index contributed by atoms with van der Waals surface area (Å²) in [6, 6.07) is 8.31. The van der Waals surface area contributed by atoms with E-state index < -0.39 is 0 Å². The van der Waals surface area contributed by atoms with E-state index in [-0.39, 0.29) is 5.54 Å². The number of nitrogens with one attached hydrogen (secondary N) is 1. The van der Waals surface area contributed by atoms with Gasteiger partial charge in [0, 0.05) is 50.5 Å². The zero-order chi connectivity index (χ0) is 18.3. The molecule has 1 aromatic rings. The molecule has 0 aliphatic carbocycles. The molecule has 3 N–H and O–H groups in total. The molecule has 1 aliphatic rings. The largest absolute Gasteiger partial charge is 0.497 e. The fourth-order valence-corrected chi connectivity index (χ4v) is 2.94. The maximum absolute atomic E-state index is 5.89. The van der Waals surface area contributed by atoms with E-state index in [1.807, 2.05) is 12.1 Å². The second kappa shape index (κ2) is 8.94. The quantitative estimate of drug-likeness (QED) is 0.467.